The Morgan fingerprint density at radius 3 is 2.17 bits per heavy atom. The Balaban J connectivity index is 1.53. The Morgan fingerprint density at radius 2 is 1.60 bits per heavy atom. The average Bonchev–Trinajstić information content (AvgIpc) is 3.32. The minimum atomic E-state index is -0.286. The molecule has 0 aliphatic carbocycles. The van der Waals surface area contributed by atoms with Crippen LogP contribution in [0.2, 0.25) is 0 Å². The summed E-state index contributed by atoms with van der Waals surface area (Å²) in [5.41, 5.74) is 5.60. The minimum absolute atomic E-state index is 0.00574. The second-order valence-corrected chi connectivity index (χ2v) is 9.56. The van der Waals surface area contributed by atoms with Crippen LogP contribution < -0.4 is 5.56 Å². The van der Waals surface area contributed by atoms with Crippen molar-refractivity contribution in [1.82, 2.24) is 14.3 Å². The van der Waals surface area contributed by atoms with Gasteiger partial charge in [0.25, 0.3) is 5.56 Å². The van der Waals surface area contributed by atoms with Crippen LogP contribution in [0.4, 0.5) is 8.78 Å². The Bertz CT molecular complexity index is 1340. The topological polar surface area (TPSA) is 37.6 Å². The molecule has 0 bridgehead atoms. The molecule has 4 rings (SSSR count). The molecule has 0 amide bonds. The molecule has 35 heavy (non-hydrogen) atoms. The highest BCUT2D eigenvalue weighted by molar-refractivity contribution is 7.15. The van der Waals surface area contributed by atoms with E-state index in [9.17, 15) is 13.6 Å². The smallest absolute Gasteiger partial charge is 0.261 e. The Labute approximate surface area is 208 Å². The van der Waals surface area contributed by atoms with E-state index in [-0.39, 0.29) is 17.2 Å². The van der Waals surface area contributed by atoms with Gasteiger partial charge in [-0.05, 0) is 74.2 Å². The number of hydrogen-bond donors (Lipinski definition) is 0. The maximum atomic E-state index is 13.6. The maximum absolute atomic E-state index is 13.6. The molecule has 0 aliphatic heterocycles. The number of aromatic nitrogens is 2. The van der Waals surface area contributed by atoms with Crippen molar-refractivity contribution in [2.75, 3.05) is 20.1 Å². The Kier molecular flexibility index (Phi) is 7.88. The summed E-state index contributed by atoms with van der Waals surface area (Å²) >= 11 is 1.46. The third-order valence-electron chi connectivity index (χ3n) is 6.35. The lowest BCUT2D eigenvalue weighted by molar-refractivity contribution is 0.341. The van der Waals surface area contributed by atoms with E-state index >= 15 is 0 Å². The second-order valence-electron chi connectivity index (χ2n) is 8.69. The zero-order valence-corrected chi connectivity index (χ0v) is 21.0. The number of likely N-dealkylation sites (N-methyl/N-ethyl adjacent to an activating group) is 1. The predicted octanol–water partition coefficient (Wildman–Crippen LogP) is 6.12. The predicted molar refractivity (Wildman–Crippen MR) is 139 cm³/mol. The van der Waals surface area contributed by atoms with Gasteiger partial charge in [0, 0.05) is 35.9 Å². The summed E-state index contributed by atoms with van der Waals surface area (Å²) in [5.74, 6) is -0.572. The first-order chi connectivity index (χ1) is 16.9. The zero-order valence-electron chi connectivity index (χ0n) is 20.2. The third kappa shape index (κ3) is 5.74. The summed E-state index contributed by atoms with van der Waals surface area (Å²) < 4.78 is 28.8. The molecule has 0 unspecified atom stereocenters. The van der Waals surface area contributed by atoms with E-state index in [2.05, 4.69) is 16.8 Å². The summed E-state index contributed by atoms with van der Waals surface area (Å²) in [6.07, 6.45) is 4.02. The van der Waals surface area contributed by atoms with E-state index < -0.39 is 0 Å². The van der Waals surface area contributed by atoms with Crippen LogP contribution in [0.15, 0.2) is 70.5 Å². The van der Waals surface area contributed by atoms with Gasteiger partial charge in [-0.25, -0.2) is 13.8 Å². The average molecular weight is 494 g/mol. The van der Waals surface area contributed by atoms with E-state index in [0.29, 0.717) is 6.42 Å². The van der Waals surface area contributed by atoms with Gasteiger partial charge < -0.3 is 4.90 Å². The first-order valence-corrected chi connectivity index (χ1v) is 12.6. The molecule has 0 saturated carbocycles. The lowest BCUT2D eigenvalue weighted by atomic mass is 9.90. The van der Waals surface area contributed by atoms with Gasteiger partial charge in [0.2, 0.25) is 0 Å². The SMILES string of the molecule is CCC(CCN(C)CCc1c(C)nc2sccn2c1=O)=C(c1ccc(F)cc1)c1ccc(F)cc1. The molecule has 0 spiro atoms. The number of halogens is 2. The minimum Gasteiger partial charge on any atom is -0.306 e. The summed E-state index contributed by atoms with van der Waals surface area (Å²) in [5, 5.41) is 1.87. The molecule has 0 aliphatic rings. The van der Waals surface area contributed by atoms with Crippen LogP contribution in [0.3, 0.4) is 0 Å². The molecule has 0 atom stereocenters. The molecular weight excluding hydrogens is 464 g/mol. The number of rotatable bonds is 9. The van der Waals surface area contributed by atoms with Crippen LogP contribution in [0.25, 0.3) is 10.5 Å². The van der Waals surface area contributed by atoms with Crippen LogP contribution in [-0.2, 0) is 6.42 Å². The van der Waals surface area contributed by atoms with Crippen molar-refractivity contribution in [3.63, 3.8) is 0 Å². The summed E-state index contributed by atoms with van der Waals surface area (Å²) in [4.78, 5) is 20.3. The van der Waals surface area contributed by atoms with E-state index in [1.807, 2.05) is 19.4 Å². The molecule has 0 saturated heterocycles. The molecule has 7 heteroatoms. The fourth-order valence-electron chi connectivity index (χ4n) is 4.33. The number of thiazole rings is 1. The molecule has 4 nitrogen and oxygen atoms in total. The van der Waals surface area contributed by atoms with E-state index in [0.717, 1.165) is 58.8 Å². The van der Waals surface area contributed by atoms with Crippen molar-refractivity contribution < 1.29 is 8.78 Å². The summed E-state index contributed by atoms with van der Waals surface area (Å²) in [6.45, 7) is 5.53. The number of hydrogen-bond acceptors (Lipinski definition) is 4. The summed E-state index contributed by atoms with van der Waals surface area (Å²) in [6, 6.07) is 12.9. The maximum Gasteiger partial charge on any atom is 0.261 e. The third-order valence-corrected chi connectivity index (χ3v) is 7.11. The van der Waals surface area contributed by atoms with Crippen molar-refractivity contribution in [1.29, 1.82) is 0 Å². The van der Waals surface area contributed by atoms with Gasteiger partial charge in [-0.1, -0.05) is 36.8 Å². The highest BCUT2D eigenvalue weighted by Crippen LogP contribution is 2.30. The van der Waals surface area contributed by atoms with E-state index in [1.165, 1.54) is 41.2 Å². The Morgan fingerprint density at radius 1 is 1.00 bits per heavy atom. The number of benzene rings is 2. The number of fused-ring (bicyclic) bond motifs is 1. The van der Waals surface area contributed by atoms with Crippen molar-refractivity contribution in [2.24, 2.45) is 0 Å². The second kappa shape index (κ2) is 11.1. The zero-order chi connectivity index (χ0) is 24.9. The van der Waals surface area contributed by atoms with Crippen LogP contribution >= 0.6 is 11.3 Å². The van der Waals surface area contributed by atoms with Gasteiger partial charge in [0.05, 0.1) is 0 Å². The lowest BCUT2D eigenvalue weighted by Gasteiger charge is -2.20. The van der Waals surface area contributed by atoms with Gasteiger partial charge in [-0.15, -0.1) is 11.3 Å². The van der Waals surface area contributed by atoms with Crippen LogP contribution in [0, 0.1) is 18.6 Å². The standard InChI is InChI=1S/C28H29F2N3OS/c1-4-20(26(21-5-9-23(29)10-6-21)22-7-11-24(30)12-8-22)13-15-32(3)16-14-25-19(2)31-28-33(27(25)34)17-18-35-28/h5-12,17-18H,4,13-16H2,1-3H3. The van der Waals surface area contributed by atoms with Crippen LogP contribution in [0.1, 0.15) is 42.1 Å². The molecule has 2 aromatic carbocycles. The fraction of sp³-hybridized carbons (Fsp3) is 0.286. The number of nitrogens with zero attached hydrogens (tertiary/aromatic N) is 3. The van der Waals surface area contributed by atoms with Gasteiger partial charge >= 0.3 is 0 Å². The molecule has 0 fully saturated rings. The summed E-state index contributed by atoms with van der Waals surface area (Å²) in [7, 11) is 2.05. The first kappa shape index (κ1) is 24.9. The highest BCUT2D eigenvalue weighted by Gasteiger charge is 2.14. The van der Waals surface area contributed by atoms with Crippen LogP contribution in [0.5, 0.6) is 0 Å². The fourth-order valence-corrected chi connectivity index (χ4v) is 5.08. The van der Waals surface area contributed by atoms with Crippen molar-refractivity contribution in [3.8, 4) is 0 Å². The normalized spacial score (nSPS) is 11.4. The molecular formula is C28H29F2N3OS. The largest absolute Gasteiger partial charge is 0.306 e. The van der Waals surface area contributed by atoms with Gasteiger partial charge in [-0.2, -0.15) is 0 Å². The quantitative estimate of drug-likeness (QED) is 0.282. The van der Waals surface area contributed by atoms with Crippen molar-refractivity contribution in [2.45, 2.75) is 33.1 Å². The molecule has 0 radical (unpaired) electrons. The highest BCUT2D eigenvalue weighted by atomic mass is 32.1. The first-order valence-electron chi connectivity index (χ1n) is 11.7. The van der Waals surface area contributed by atoms with Crippen LogP contribution in [-0.4, -0.2) is 34.4 Å². The molecule has 182 valence electrons. The van der Waals surface area contributed by atoms with Gasteiger partial charge in [0.1, 0.15) is 11.6 Å². The van der Waals surface area contributed by atoms with E-state index in [1.54, 1.807) is 34.9 Å². The Hall–Kier alpha value is -3.16. The monoisotopic (exact) mass is 493 g/mol. The van der Waals surface area contributed by atoms with Crippen molar-refractivity contribution >= 4 is 21.9 Å². The number of aryl methyl sites for hydroxylation is 1. The molecule has 0 N–H and O–H groups in total. The molecule has 2 heterocycles. The molecule has 2 aromatic heterocycles. The molecule has 4 aromatic rings. The van der Waals surface area contributed by atoms with Gasteiger partial charge in [-0.3, -0.25) is 9.20 Å². The van der Waals surface area contributed by atoms with Crippen molar-refractivity contribution in [3.05, 3.63) is 110 Å². The lowest BCUT2D eigenvalue weighted by Crippen LogP contribution is -2.27. The van der Waals surface area contributed by atoms with Gasteiger partial charge in [0.15, 0.2) is 4.96 Å². The van der Waals surface area contributed by atoms with E-state index in [4.69, 9.17) is 0 Å².